The maximum Gasteiger partial charge on any atom is 0.132 e. The number of benzene rings is 1. The highest BCUT2D eigenvalue weighted by atomic mass is 19.1. The maximum absolute atomic E-state index is 14.7. The minimum absolute atomic E-state index is 0.00438. The normalized spacial score (nSPS) is 21.6. The van der Waals surface area contributed by atoms with E-state index in [1.165, 1.54) is 19.5 Å². The summed E-state index contributed by atoms with van der Waals surface area (Å²) in [6.45, 7) is 4.32. The SMILES string of the molecule is CON=C(C(C)C)C1(C(O)(CN2CN=CN2)c2ccc(F)cc2F)CC1. The van der Waals surface area contributed by atoms with Gasteiger partial charge in [-0.15, -0.1) is 0 Å². The number of hydrazine groups is 1. The van der Waals surface area contributed by atoms with Crippen molar-refractivity contribution in [3.8, 4) is 0 Å². The van der Waals surface area contributed by atoms with Crippen molar-refractivity contribution in [3.05, 3.63) is 35.4 Å². The summed E-state index contributed by atoms with van der Waals surface area (Å²) in [5.74, 6) is -1.47. The fourth-order valence-corrected chi connectivity index (χ4v) is 3.84. The van der Waals surface area contributed by atoms with E-state index in [1.807, 2.05) is 13.8 Å². The number of oxime groups is 1. The van der Waals surface area contributed by atoms with Crippen LogP contribution in [-0.2, 0) is 10.4 Å². The van der Waals surface area contributed by atoms with Crippen molar-refractivity contribution in [2.45, 2.75) is 32.3 Å². The highest BCUT2D eigenvalue weighted by molar-refractivity contribution is 5.95. The highest BCUT2D eigenvalue weighted by Crippen LogP contribution is 2.61. The van der Waals surface area contributed by atoms with Gasteiger partial charge >= 0.3 is 0 Å². The molecule has 2 N–H and O–H groups in total. The standard InChI is InChI=1S/C18H24F2N4O2/c1-12(2)16(23-26-3)17(6-7-17)18(25,9-24-11-21-10-22-24)14-5-4-13(19)8-15(14)20/h4-5,8,10,12,25H,6-7,9,11H2,1-3H3,(H,21,22). The van der Waals surface area contributed by atoms with Crippen LogP contribution < -0.4 is 5.43 Å². The number of aliphatic imine (C=N–C) groups is 1. The first kappa shape index (κ1) is 18.7. The molecule has 0 saturated heterocycles. The van der Waals surface area contributed by atoms with Crippen molar-refractivity contribution in [1.29, 1.82) is 0 Å². The Morgan fingerprint density at radius 3 is 2.69 bits per heavy atom. The zero-order chi connectivity index (χ0) is 18.9. The van der Waals surface area contributed by atoms with E-state index in [9.17, 15) is 13.9 Å². The summed E-state index contributed by atoms with van der Waals surface area (Å²) in [5, 5.41) is 17.7. The third-order valence-corrected chi connectivity index (χ3v) is 5.15. The van der Waals surface area contributed by atoms with Gasteiger partial charge in [-0.25, -0.2) is 8.78 Å². The molecule has 1 atom stereocenters. The lowest BCUT2D eigenvalue weighted by atomic mass is 9.72. The van der Waals surface area contributed by atoms with Gasteiger partial charge in [0.25, 0.3) is 0 Å². The average molecular weight is 366 g/mol. The fraction of sp³-hybridized carbons (Fsp3) is 0.556. The monoisotopic (exact) mass is 366 g/mol. The topological polar surface area (TPSA) is 69.5 Å². The van der Waals surface area contributed by atoms with E-state index in [1.54, 1.807) is 5.01 Å². The number of halogens is 2. The average Bonchev–Trinajstić information content (AvgIpc) is 3.23. The molecule has 26 heavy (non-hydrogen) atoms. The second kappa shape index (κ2) is 6.92. The molecule has 1 aromatic carbocycles. The first-order chi connectivity index (χ1) is 12.3. The minimum Gasteiger partial charge on any atom is -0.399 e. The predicted octanol–water partition coefficient (Wildman–Crippen LogP) is 2.40. The van der Waals surface area contributed by atoms with E-state index in [4.69, 9.17) is 4.84 Å². The summed E-state index contributed by atoms with van der Waals surface area (Å²) in [7, 11) is 1.45. The molecule has 1 unspecified atom stereocenters. The van der Waals surface area contributed by atoms with Crippen molar-refractivity contribution in [1.82, 2.24) is 10.4 Å². The first-order valence-electron chi connectivity index (χ1n) is 8.63. The van der Waals surface area contributed by atoms with E-state index in [0.29, 0.717) is 25.2 Å². The van der Waals surface area contributed by atoms with Crippen LogP contribution in [0, 0.1) is 23.0 Å². The Morgan fingerprint density at radius 1 is 1.46 bits per heavy atom. The van der Waals surface area contributed by atoms with Gasteiger partial charge < -0.3 is 15.4 Å². The van der Waals surface area contributed by atoms with Gasteiger partial charge in [-0.05, 0) is 24.8 Å². The zero-order valence-corrected chi connectivity index (χ0v) is 15.2. The van der Waals surface area contributed by atoms with E-state index in [-0.39, 0.29) is 18.0 Å². The van der Waals surface area contributed by atoms with Crippen LogP contribution in [0.3, 0.4) is 0 Å². The molecule has 8 heteroatoms. The molecule has 6 nitrogen and oxygen atoms in total. The molecule has 0 aromatic heterocycles. The van der Waals surface area contributed by atoms with Crippen molar-refractivity contribution >= 4 is 12.1 Å². The quantitative estimate of drug-likeness (QED) is 0.574. The van der Waals surface area contributed by atoms with E-state index in [2.05, 4.69) is 15.6 Å². The molecular formula is C18H24F2N4O2. The van der Waals surface area contributed by atoms with Gasteiger partial charge in [0.15, 0.2) is 0 Å². The highest BCUT2D eigenvalue weighted by Gasteiger charge is 2.64. The summed E-state index contributed by atoms with van der Waals surface area (Å²) >= 11 is 0. The number of nitrogens with zero attached hydrogens (tertiary/aromatic N) is 3. The second-order valence-corrected chi connectivity index (χ2v) is 7.16. The maximum atomic E-state index is 14.7. The van der Waals surface area contributed by atoms with Crippen LogP contribution in [0.15, 0.2) is 28.3 Å². The van der Waals surface area contributed by atoms with Crippen molar-refractivity contribution in [2.24, 2.45) is 21.5 Å². The van der Waals surface area contributed by atoms with E-state index >= 15 is 0 Å². The second-order valence-electron chi connectivity index (χ2n) is 7.16. The van der Waals surface area contributed by atoms with Gasteiger partial charge in [0.2, 0.25) is 0 Å². The molecule has 1 fully saturated rings. The van der Waals surface area contributed by atoms with Gasteiger partial charge in [-0.1, -0.05) is 25.1 Å². The van der Waals surface area contributed by atoms with Crippen LogP contribution in [0.2, 0.25) is 0 Å². The number of β-amino-alcohol motifs (C(OH)–C–C–N with tert-alkyl or cyclic N) is 1. The number of hydrogen-bond acceptors (Lipinski definition) is 6. The Labute approximate surface area is 151 Å². The Balaban J connectivity index is 2.10. The summed E-state index contributed by atoms with van der Waals surface area (Å²) in [5.41, 5.74) is 1.25. The lowest BCUT2D eigenvalue weighted by Crippen LogP contribution is -2.53. The van der Waals surface area contributed by atoms with Crippen LogP contribution in [0.5, 0.6) is 0 Å². The Kier molecular flexibility index (Phi) is 4.98. The first-order valence-corrected chi connectivity index (χ1v) is 8.63. The molecule has 0 radical (unpaired) electrons. The molecule has 1 heterocycles. The Morgan fingerprint density at radius 2 is 2.19 bits per heavy atom. The van der Waals surface area contributed by atoms with Gasteiger partial charge in [-0.2, -0.15) is 5.01 Å². The summed E-state index contributed by atoms with van der Waals surface area (Å²) in [6.07, 6.45) is 2.79. The molecule has 0 bridgehead atoms. The van der Waals surface area contributed by atoms with Crippen LogP contribution in [0.4, 0.5) is 8.78 Å². The van der Waals surface area contributed by atoms with Crippen LogP contribution >= 0.6 is 0 Å². The van der Waals surface area contributed by atoms with Crippen LogP contribution in [0.1, 0.15) is 32.3 Å². The van der Waals surface area contributed by atoms with Crippen molar-refractivity contribution in [3.63, 3.8) is 0 Å². The molecule has 0 amide bonds. The van der Waals surface area contributed by atoms with E-state index in [0.717, 1.165) is 12.1 Å². The smallest absolute Gasteiger partial charge is 0.132 e. The zero-order valence-electron chi connectivity index (χ0n) is 15.2. The number of rotatable bonds is 7. The van der Waals surface area contributed by atoms with Gasteiger partial charge in [0.05, 0.1) is 18.6 Å². The number of nitrogens with one attached hydrogen (secondary N) is 1. The summed E-state index contributed by atoms with van der Waals surface area (Å²) < 4.78 is 28.1. The van der Waals surface area contributed by atoms with Crippen LogP contribution in [-0.4, -0.2) is 42.5 Å². The molecular weight excluding hydrogens is 342 g/mol. The third-order valence-electron chi connectivity index (χ3n) is 5.15. The lowest BCUT2D eigenvalue weighted by molar-refractivity contribution is -0.0487. The Hall–Kier alpha value is -2.06. The molecule has 1 aromatic rings. The number of aliphatic hydroxyl groups is 1. The van der Waals surface area contributed by atoms with E-state index < -0.39 is 22.7 Å². The molecule has 3 rings (SSSR count). The summed E-state index contributed by atoms with van der Waals surface area (Å²) in [6, 6.07) is 3.27. The minimum atomic E-state index is -1.62. The Bertz CT molecular complexity index is 726. The van der Waals surface area contributed by atoms with Gasteiger partial charge in [0, 0.05) is 17.0 Å². The van der Waals surface area contributed by atoms with Crippen molar-refractivity contribution < 1.29 is 18.7 Å². The molecule has 2 aliphatic rings. The number of hydrogen-bond donors (Lipinski definition) is 2. The van der Waals surface area contributed by atoms with Gasteiger partial charge in [-0.3, -0.25) is 4.99 Å². The lowest BCUT2D eigenvalue weighted by Gasteiger charge is -2.41. The predicted molar refractivity (Wildman–Crippen MR) is 94.4 cm³/mol. The molecule has 0 spiro atoms. The van der Waals surface area contributed by atoms with Crippen molar-refractivity contribution in [2.75, 3.05) is 20.3 Å². The molecule has 1 saturated carbocycles. The third kappa shape index (κ3) is 3.07. The largest absolute Gasteiger partial charge is 0.399 e. The molecule has 1 aliphatic carbocycles. The van der Waals surface area contributed by atoms with Gasteiger partial charge in [0.1, 0.15) is 31.0 Å². The fourth-order valence-electron chi connectivity index (χ4n) is 3.84. The summed E-state index contributed by atoms with van der Waals surface area (Å²) in [4.78, 5) is 9.08. The van der Waals surface area contributed by atoms with Crippen LogP contribution in [0.25, 0.3) is 0 Å². The molecule has 1 aliphatic heterocycles. The molecule has 142 valence electrons.